The Morgan fingerprint density at radius 3 is 2.33 bits per heavy atom. The van der Waals surface area contributed by atoms with Crippen LogP contribution in [0.1, 0.15) is 20.8 Å². The molecule has 1 aliphatic rings. The molecular weight excluding hydrogens is 400 g/mol. The van der Waals surface area contributed by atoms with Crippen molar-refractivity contribution >= 4 is 34.9 Å². The van der Waals surface area contributed by atoms with Crippen LogP contribution in [0.25, 0.3) is 11.1 Å². The van der Waals surface area contributed by atoms with Gasteiger partial charge in [0.05, 0.1) is 5.69 Å². The standard InChI is InChI=1S/C19H17Cl2F3N2O/c1-10-19(23,24)18(2,3)27-17(25-10)26-16-14(5-4-6-15(16)22)11-7-12(20)9-13(21)8-11/h4-10H,1-3H3,(H,25,26)/t10-/m1/s1. The predicted molar refractivity (Wildman–Crippen MR) is 102 cm³/mol. The maximum absolute atomic E-state index is 14.5. The Morgan fingerprint density at radius 2 is 1.74 bits per heavy atom. The molecule has 0 saturated carbocycles. The third-order valence-corrected chi connectivity index (χ3v) is 4.85. The third kappa shape index (κ3) is 3.73. The Bertz CT molecular complexity index is 896. The molecule has 1 atom stereocenters. The van der Waals surface area contributed by atoms with Crippen LogP contribution in [0, 0.1) is 5.82 Å². The fourth-order valence-corrected chi connectivity index (χ4v) is 3.39. The van der Waals surface area contributed by atoms with Gasteiger partial charge in [0.15, 0.2) is 5.60 Å². The van der Waals surface area contributed by atoms with Crippen molar-refractivity contribution in [1.82, 2.24) is 0 Å². The van der Waals surface area contributed by atoms with Crippen molar-refractivity contribution < 1.29 is 17.9 Å². The number of ether oxygens (including phenoxy) is 1. The number of nitrogens with zero attached hydrogens (tertiary/aromatic N) is 1. The van der Waals surface area contributed by atoms with E-state index in [0.717, 1.165) is 0 Å². The number of halogens is 5. The lowest BCUT2D eigenvalue weighted by Gasteiger charge is -2.40. The monoisotopic (exact) mass is 416 g/mol. The normalized spacial score (nSPS) is 20.6. The summed E-state index contributed by atoms with van der Waals surface area (Å²) in [5, 5.41) is 3.48. The number of nitrogens with one attached hydrogen (secondary N) is 1. The quantitative estimate of drug-likeness (QED) is 0.614. The number of para-hydroxylation sites is 1. The highest BCUT2D eigenvalue weighted by Gasteiger charge is 2.56. The Hall–Kier alpha value is -1.92. The van der Waals surface area contributed by atoms with Gasteiger partial charge in [0.25, 0.3) is 6.02 Å². The van der Waals surface area contributed by atoms with Crippen LogP contribution in [0.15, 0.2) is 41.4 Å². The number of alkyl halides is 2. The van der Waals surface area contributed by atoms with Crippen LogP contribution >= 0.6 is 23.2 Å². The number of amidine groups is 1. The van der Waals surface area contributed by atoms with Gasteiger partial charge < -0.3 is 10.1 Å². The fraction of sp³-hybridized carbons (Fsp3) is 0.316. The molecule has 2 aromatic rings. The molecule has 3 rings (SSSR count). The van der Waals surface area contributed by atoms with E-state index < -0.39 is 23.4 Å². The molecule has 0 bridgehead atoms. The summed E-state index contributed by atoms with van der Waals surface area (Å²) in [6.07, 6.45) is 0. The van der Waals surface area contributed by atoms with Crippen molar-refractivity contribution in [3.8, 4) is 11.1 Å². The van der Waals surface area contributed by atoms with E-state index in [4.69, 9.17) is 27.9 Å². The molecule has 0 saturated heterocycles. The highest BCUT2D eigenvalue weighted by molar-refractivity contribution is 6.35. The van der Waals surface area contributed by atoms with Gasteiger partial charge in [-0.3, -0.25) is 0 Å². The summed E-state index contributed by atoms with van der Waals surface area (Å²) >= 11 is 12.1. The van der Waals surface area contributed by atoms with Gasteiger partial charge in [-0.15, -0.1) is 0 Å². The van der Waals surface area contributed by atoms with Gasteiger partial charge in [0, 0.05) is 15.6 Å². The lowest BCUT2D eigenvalue weighted by Crippen LogP contribution is -2.56. The highest BCUT2D eigenvalue weighted by Crippen LogP contribution is 2.40. The summed E-state index contributed by atoms with van der Waals surface area (Å²) in [5.41, 5.74) is -0.777. The predicted octanol–water partition coefficient (Wildman–Crippen LogP) is 6.40. The van der Waals surface area contributed by atoms with E-state index in [1.165, 1.54) is 32.9 Å². The minimum atomic E-state index is -3.17. The SMILES string of the molecule is C[C@H]1N=C(Nc2c(F)cccc2-c2cc(Cl)cc(Cl)c2)OC(C)(C)C1(F)F. The molecule has 0 aromatic heterocycles. The number of anilines is 1. The van der Waals surface area contributed by atoms with Gasteiger partial charge in [-0.25, -0.2) is 9.38 Å². The Kier molecular flexibility index (Phi) is 5.08. The number of hydrogen-bond donors (Lipinski definition) is 1. The van der Waals surface area contributed by atoms with E-state index in [0.29, 0.717) is 21.2 Å². The molecule has 0 amide bonds. The van der Waals surface area contributed by atoms with Crippen LogP contribution < -0.4 is 5.32 Å². The third-order valence-electron chi connectivity index (χ3n) is 4.41. The van der Waals surface area contributed by atoms with Gasteiger partial charge in [-0.1, -0.05) is 35.3 Å². The zero-order valence-corrected chi connectivity index (χ0v) is 16.3. The Labute approximate surface area is 165 Å². The summed E-state index contributed by atoms with van der Waals surface area (Å²) in [7, 11) is 0. The molecular formula is C19H17Cl2F3N2O. The van der Waals surface area contributed by atoms with Crippen LogP contribution in [0.2, 0.25) is 10.0 Å². The zero-order chi connectivity index (χ0) is 20.0. The van der Waals surface area contributed by atoms with Crippen LogP contribution in [0.4, 0.5) is 18.9 Å². The van der Waals surface area contributed by atoms with Crippen LogP contribution in [0.3, 0.4) is 0 Å². The fourth-order valence-electron chi connectivity index (χ4n) is 2.86. The first kappa shape index (κ1) is 19.8. The van der Waals surface area contributed by atoms with Crippen molar-refractivity contribution in [2.45, 2.75) is 38.3 Å². The van der Waals surface area contributed by atoms with Gasteiger partial charge in [0.1, 0.15) is 11.9 Å². The lowest BCUT2D eigenvalue weighted by molar-refractivity contribution is -0.174. The Morgan fingerprint density at radius 1 is 1.11 bits per heavy atom. The van der Waals surface area contributed by atoms with Crippen molar-refractivity contribution in [1.29, 1.82) is 0 Å². The van der Waals surface area contributed by atoms with Crippen molar-refractivity contribution in [3.63, 3.8) is 0 Å². The molecule has 1 heterocycles. The smallest absolute Gasteiger partial charge is 0.308 e. The van der Waals surface area contributed by atoms with Gasteiger partial charge in [0.2, 0.25) is 0 Å². The molecule has 27 heavy (non-hydrogen) atoms. The maximum atomic E-state index is 14.5. The van der Waals surface area contributed by atoms with E-state index >= 15 is 0 Å². The van der Waals surface area contributed by atoms with Crippen molar-refractivity contribution in [2.75, 3.05) is 5.32 Å². The summed E-state index contributed by atoms with van der Waals surface area (Å²) < 4.78 is 48.3. The van der Waals surface area contributed by atoms with Crippen LogP contribution in [0.5, 0.6) is 0 Å². The first-order valence-electron chi connectivity index (χ1n) is 8.18. The largest absolute Gasteiger partial charge is 0.453 e. The first-order valence-corrected chi connectivity index (χ1v) is 8.93. The Balaban J connectivity index is 2.04. The van der Waals surface area contributed by atoms with E-state index in [1.807, 2.05) is 0 Å². The van der Waals surface area contributed by atoms with Gasteiger partial charge >= 0.3 is 5.92 Å². The maximum Gasteiger partial charge on any atom is 0.308 e. The lowest BCUT2D eigenvalue weighted by atomic mass is 9.93. The number of benzene rings is 2. The van der Waals surface area contributed by atoms with E-state index in [-0.39, 0.29) is 11.7 Å². The second-order valence-electron chi connectivity index (χ2n) is 6.79. The number of rotatable bonds is 2. The molecule has 1 aliphatic heterocycles. The van der Waals surface area contributed by atoms with Crippen molar-refractivity contribution in [3.05, 3.63) is 52.3 Å². The molecule has 0 fully saturated rings. The second kappa shape index (κ2) is 6.91. The summed E-state index contributed by atoms with van der Waals surface area (Å²) in [4.78, 5) is 3.85. The van der Waals surface area contributed by atoms with E-state index in [2.05, 4.69) is 10.3 Å². The van der Waals surface area contributed by atoms with Crippen molar-refractivity contribution in [2.24, 2.45) is 4.99 Å². The van der Waals surface area contributed by atoms with E-state index in [9.17, 15) is 13.2 Å². The topological polar surface area (TPSA) is 33.6 Å². The van der Waals surface area contributed by atoms with Crippen LogP contribution in [-0.2, 0) is 4.74 Å². The number of hydrogen-bond acceptors (Lipinski definition) is 3. The summed E-state index contributed by atoms with van der Waals surface area (Å²) in [6, 6.07) is 7.70. The molecule has 0 aliphatic carbocycles. The molecule has 144 valence electrons. The molecule has 1 N–H and O–H groups in total. The van der Waals surface area contributed by atoms with E-state index in [1.54, 1.807) is 24.3 Å². The molecule has 3 nitrogen and oxygen atoms in total. The van der Waals surface area contributed by atoms with Gasteiger partial charge in [-0.05, 0) is 50.6 Å². The summed E-state index contributed by atoms with van der Waals surface area (Å²) in [5.74, 6) is -3.77. The molecule has 8 heteroatoms. The minimum Gasteiger partial charge on any atom is -0.453 e. The van der Waals surface area contributed by atoms with Crippen LogP contribution in [-0.4, -0.2) is 23.6 Å². The number of aliphatic imine (C=N–C) groups is 1. The minimum absolute atomic E-state index is 0.0304. The molecule has 2 aromatic carbocycles. The first-order chi connectivity index (χ1) is 12.5. The molecule has 0 spiro atoms. The molecule has 0 radical (unpaired) electrons. The van der Waals surface area contributed by atoms with Gasteiger partial charge in [-0.2, -0.15) is 8.78 Å². The average molecular weight is 417 g/mol. The average Bonchev–Trinajstić information content (AvgIpc) is 2.53. The summed E-state index contributed by atoms with van der Waals surface area (Å²) in [6.45, 7) is 3.81. The zero-order valence-electron chi connectivity index (χ0n) is 14.8. The highest BCUT2D eigenvalue weighted by atomic mass is 35.5. The molecule has 0 unspecified atom stereocenters. The second-order valence-corrected chi connectivity index (χ2v) is 7.66.